The maximum Gasteiger partial charge on any atom is 0.127 e. The van der Waals surface area contributed by atoms with Crippen LogP contribution >= 0.6 is 0 Å². The molecule has 3 heteroatoms. The Morgan fingerprint density at radius 3 is 2.50 bits per heavy atom. The smallest absolute Gasteiger partial charge is 0.127 e. The monoisotopic (exact) mass is 191 g/mol. The van der Waals surface area contributed by atoms with Crippen molar-refractivity contribution in [3.05, 3.63) is 23.8 Å². The predicted molar refractivity (Wildman–Crippen MR) is 53.6 cm³/mol. The van der Waals surface area contributed by atoms with Crippen LogP contribution < -0.4 is 9.47 Å². The summed E-state index contributed by atoms with van der Waals surface area (Å²) < 4.78 is 10.2. The number of methoxy groups -OCH3 is 2. The van der Waals surface area contributed by atoms with Crippen LogP contribution in [0.15, 0.2) is 18.2 Å². The Bertz CT molecular complexity index is 355. The van der Waals surface area contributed by atoms with Crippen LogP contribution in [0.3, 0.4) is 0 Å². The van der Waals surface area contributed by atoms with E-state index in [9.17, 15) is 0 Å². The molecule has 1 unspecified atom stereocenters. The van der Waals surface area contributed by atoms with Gasteiger partial charge in [0.1, 0.15) is 11.5 Å². The maximum atomic E-state index is 8.80. The fourth-order valence-corrected chi connectivity index (χ4v) is 1.25. The first-order valence-electron chi connectivity index (χ1n) is 4.34. The SMILES string of the molecule is COc1ccc(C(C)C#N)c(OC)c1. The molecule has 0 aliphatic rings. The van der Waals surface area contributed by atoms with Crippen LogP contribution in [0.1, 0.15) is 18.4 Å². The summed E-state index contributed by atoms with van der Waals surface area (Å²) in [4.78, 5) is 0. The molecular weight excluding hydrogens is 178 g/mol. The first-order valence-corrected chi connectivity index (χ1v) is 4.34. The minimum atomic E-state index is -0.171. The van der Waals surface area contributed by atoms with E-state index in [0.717, 1.165) is 11.3 Å². The number of nitriles is 1. The third-order valence-electron chi connectivity index (χ3n) is 2.10. The molecule has 74 valence electrons. The van der Waals surface area contributed by atoms with Crippen molar-refractivity contribution in [2.75, 3.05) is 14.2 Å². The van der Waals surface area contributed by atoms with Gasteiger partial charge in [0.05, 0.1) is 26.2 Å². The molecule has 0 radical (unpaired) electrons. The zero-order valence-electron chi connectivity index (χ0n) is 8.57. The molecule has 0 amide bonds. The zero-order chi connectivity index (χ0) is 10.6. The molecule has 0 aromatic heterocycles. The van der Waals surface area contributed by atoms with Crippen molar-refractivity contribution < 1.29 is 9.47 Å². The van der Waals surface area contributed by atoms with Crippen LogP contribution in [0.2, 0.25) is 0 Å². The number of rotatable bonds is 3. The molecule has 1 aromatic carbocycles. The number of hydrogen-bond acceptors (Lipinski definition) is 3. The van der Waals surface area contributed by atoms with Gasteiger partial charge in [-0.3, -0.25) is 0 Å². The minimum Gasteiger partial charge on any atom is -0.497 e. The number of nitrogens with zero attached hydrogens (tertiary/aromatic N) is 1. The van der Waals surface area contributed by atoms with Crippen LogP contribution in [0.4, 0.5) is 0 Å². The highest BCUT2D eigenvalue weighted by atomic mass is 16.5. The Labute approximate surface area is 83.9 Å². The second-order valence-corrected chi connectivity index (χ2v) is 2.96. The van der Waals surface area contributed by atoms with Crippen LogP contribution in [-0.2, 0) is 0 Å². The van der Waals surface area contributed by atoms with Gasteiger partial charge in [-0.2, -0.15) is 5.26 Å². The second-order valence-electron chi connectivity index (χ2n) is 2.96. The predicted octanol–water partition coefficient (Wildman–Crippen LogP) is 2.33. The molecule has 0 saturated carbocycles. The summed E-state index contributed by atoms with van der Waals surface area (Å²) in [5, 5.41) is 8.80. The van der Waals surface area contributed by atoms with Gasteiger partial charge >= 0.3 is 0 Å². The molecule has 0 aliphatic carbocycles. The average Bonchev–Trinajstić information content (AvgIpc) is 2.27. The summed E-state index contributed by atoms with van der Waals surface area (Å²) in [6.45, 7) is 1.84. The van der Waals surface area contributed by atoms with Crippen molar-refractivity contribution in [3.8, 4) is 17.6 Å². The van der Waals surface area contributed by atoms with Crippen molar-refractivity contribution in [1.82, 2.24) is 0 Å². The Balaban J connectivity index is 3.12. The van der Waals surface area contributed by atoms with Crippen LogP contribution in [0.5, 0.6) is 11.5 Å². The highest BCUT2D eigenvalue weighted by Crippen LogP contribution is 2.29. The molecule has 0 spiro atoms. The lowest BCUT2D eigenvalue weighted by atomic mass is 10.0. The third kappa shape index (κ3) is 1.97. The summed E-state index contributed by atoms with van der Waals surface area (Å²) in [5.41, 5.74) is 0.885. The number of benzene rings is 1. The Hall–Kier alpha value is -1.69. The van der Waals surface area contributed by atoms with Gasteiger partial charge in [-0.25, -0.2) is 0 Å². The van der Waals surface area contributed by atoms with E-state index >= 15 is 0 Å². The summed E-state index contributed by atoms with van der Waals surface area (Å²) in [6, 6.07) is 7.63. The first-order chi connectivity index (χ1) is 6.72. The summed E-state index contributed by atoms with van der Waals surface area (Å²) >= 11 is 0. The van der Waals surface area contributed by atoms with Gasteiger partial charge in [-0.1, -0.05) is 6.07 Å². The second kappa shape index (κ2) is 4.52. The largest absolute Gasteiger partial charge is 0.497 e. The van der Waals surface area contributed by atoms with E-state index in [1.165, 1.54) is 0 Å². The van der Waals surface area contributed by atoms with E-state index in [1.54, 1.807) is 20.3 Å². The molecule has 1 rings (SSSR count). The van der Waals surface area contributed by atoms with Crippen molar-refractivity contribution in [2.45, 2.75) is 12.8 Å². The molecule has 3 nitrogen and oxygen atoms in total. The van der Waals surface area contributed by atoms with Gasteiger partial charge < -0.3 is 9.47 Å². The molecule has 0 bridgehead atoms. The van der Waals surface area contributed by atoms with Crippen LogP contribution in [0.25, 0.3) is 0 Å². The molecule has 14 heavy (non-hydrogen) atoms. The van der Waals surface area contributed by atoms with Crippen molar-refractivity contribution >= 4 is 0 Å². The standard InChI is InChI=1S/C11H13NO2/c1-8(7-12)10-5-4-9(13-2)6-11(10)14-3/h4-6,8H,1-3H3. The van der Waals surface area contributed by atoms with Crippen molar-refractivity contribution in [2.24, 2.45) is 0 Å². The lowest BCUT2D eigenvalue weighted by Gasteiger charge is -2.11. The van der Waals surface area contributed by atoms with Crippen LogP contribution in [0, 0.1) is 11.3 Å². The van der Waals surface area contributed by atoms with E-state index in [0.29, 0.717) is 5.75 Å². The Morgan fingerprint density at radius 1 is 1.29 bits per heavy atom. The third-order valence-corrected chi connectivity index (χ3v) is 2.10. The van der Waals surface area contributed by atoms with E-state index < -0.39 is 0 Å². The fraction of sp³-hybridized carbons (Fsp3) is 0.364. The van der Waals surface area contributed by atoms with E-state index in [4.69, 9.17) is 14.7 Å². The summed E-state index contributed by atoms with van der Waals surface area (Å²) in [6.07, 6.45) is 0. The highest BCUT2D eigenvalue weighted by molar-refractivity contribution is 5.44. The van der Waals surface area contributed by atoms with Crippen LogP contribution in [-0.4, -0.2) is 14.2 Å². The van der Waals surface area contributed by atoms with E-state index in [2.05, 4.69) is 6.07 Å². The fourth-order valence-electron chi connectivity index (χ4n) is 1.25. The molecule has 0 heterocycles. The van der Waals surface area contributed by atoms with Gasteiger partial charge in [0.2, 0.25) is 0 Å². The topological polar surface area (TPSA) is 42.2 Å². The molecular formula is C11H13NO2. The Morgan fingerprint density at radius 2 is 2.00 bits per heavy atom. The van der Waals surface area contributed by atoms with Gasteiger partial charge in [-0.15, -0.1) is 0 Å². The normalized spacial score (nSPS) is 11.6. The highest BCUT2D eigenvalue weighted by Gasteiger charge is 2.11. The van der Waals surface area contributed by atoms with Gasteiger partial charge in [0, 0.05) is 11.6 Å². The summed E-state index contributed by atoms with van der Waals surface area (Å²) in [7, 11) is 3.19. The molecule has 0 N–H and O–H groups in total. The number of hydrogen-bond donors (Lipinski definition) is 0. The Kier molecular flexibility index (Phi) is 3.35. The lowest BCUT2D eigenvalue weighted by Crippen LogP contribution is -1.96. The molecule has 1 aromatic rings. The lowest BCUT2D eigenvalue weighted by molar-refractivity contribution is 0.390. The summed E-state index contributed by atoms with van der Waals surface area (Å²) in [5.74, 6) is 1.25. The van der Waals surface area contributed by atoms with E-state index in [1.807, 2.05) is 19.1 Å². The van der Waals surface area contributed by atoms with Gasteiger partial charge in [-0.05, 0) is 13.0 Å². The number of ether oxygens (including phenoxy) is 2. The molecule has 0 aliphatic heterocycles. The zero-order valence-corrected chi connectivity index (χ0v) is 8.57. The van der Waals surface area contributed by atoms with E-state index in [-0.39, 0.29) is 5.92 Å². The molecule has 1 atom stereocenters. The maximum absolute atomic E-state index is 8.80. The quantitative estimate of drug-likeness (QED) is 0.736. The average molecular weight is 191 g/mol. The van der Waals surface area contributed by atoms with Crippen molar-refractivity contribution in [1.29, 1.82) is 5.26 Å². The van der Waals surface area contributed by atoms with Gasteiger partial charge in [0.25, 0.3) is 0 Å². The molecule has 0 saturated heterocycles. The van der Waals surface area contributed by atoms with Crippen molar-refractivity contribution in [3.63, 3.8) is 0 Å². The van der Waals surface area contributed by atoms with Gasteiger partial charge in [0.15, 0.2) is 0 Å². The first kappa shape index (κ1) is 10.4. The minimum absolute atomic E-state index is 0.171. The molecule has 0 fully saturated rings.